The van der Waals surface area contributed by atoms with E-state index in [0.29, 0.717) is 31.7 Å². The van der Waals surface area contributed by atoms with Crippen LogP contribution < -0.4 is 9.62 Å². The van der Waals surface area contributed by atoms with Gasteiger partial charge in [-0.15, -0.1) is 0 Å². The number of carbonyl (C=O) groups is 1. The molecule has 1 amide bonds. The summed E-state index contributed by atoms with van der Waals surface area (Å²) in [6.07, 6.45) is 1.52. The van der Waals surface area contributed by atoms with Gasteiger partial charge in [-0.1, -0.05) is 6.07 Å². The van der Waals surface area contributed by atoms with Crippen molar-refractivity contribution in [1.29, 1.82) is 0 Å². The standard InChI is InChI=1S/C18H28N4O6S/c1-15-5-6-16(22(24)25)14-17(15)21(29(2,26)27)8-3-4-18(23)19-7-9-20-10-12-28-13-11-20/h5-6,14H,3-4,7-13H2,1-2H3,(H,19,23). The van der Waals surface area contributed by atoms with Gasteiger partial charge in [0, 0.05) is 51.3 Å². The second-order valence-electron chi connectivity index (χ2n) is 6.97. The summed E-state index contributed by atoms with van der Waals surface area (Å²) in [4.78, 5) is 24.7. The van der Waals surface area contributed by atoms with Crippen LogP contribution in [0.5, 0.6) is 0 Å². The molecule has 0 saturated carbocycles. The number of morpholine rings is 1. The van der Waals surface area contributed by atoms with Gasteiger partial charge in [0.1, 0.15) is 0 Å². The smallest absolute Gasteiger partial charge is 0.271 e. The predicted molar refractivity (Wildman–Crippen MR) is 110 cm³/mol. The van der Waals surface area contributed by atoms with Crippen LogP contribution in [0.25, 0.3) is 0 Å². The molecule has 0 aromatic heterocycles. The van der Waals surface area contributed by atoms with Crippen molar-refractivity contribution < 1.29 is 22.9 Å². The molecule has 0 bridgehead atoms. The van der Waals surface area contributed by atoms with E-state index < -0.39 is 14.9 Å². The number of hydrogen-bond acceptors (Lipinski definition) is 7. The van der Waals surface area contributed by atoms with Crippen LogP contribution in [0.2, 0.25) is 0 Å². The van der Waals surface area contributed by atoms with Gasteiger partial charge >= 0.3 is 0 Å². The molecular weight excluding hydrogens is 400 g/mol. The van der Waals surface area contributed by atoms with E-state index in [1.165, 1.54) is 18.2 Å². The average molecular weight is 429 g/mol. The molecular formula is C18H28N4O6S. The van der Waals surface area contributed by atoms with Crippen LogP contribution in [0, 0.1) is 17.0 Å². The van der Waals surface area contributed by atoms with E-state index >= 15 is 0 Å². The van der Waals surface area contributed by atoms with Crippen molar-refractivity contribution >= 4 is 27.3 Å². The largest absolute Gasteiger partial charge is 0.379 e. The SMILES string of the molecule is Cc1ccc([N+](=O)[O-])cc1N(CCCC(=O)NCCN1CCOCC1)S(C)(=O)=O. The second kappa shape index (κ2) is 10.5. The first kappa shape index (κ1) is 23.0. The Balaban J connectivity index is 1.89. The fourth-order valence-corrected chi connectivity index (χ4v) is 4.11. The quantitative estimate of drug-likeness (QED) is 0.434. The van der Waals surface area contributed by atoms with E-state index in [4.69, 9.17) is 4.74 Å². The van der Waals surface area contributed by atoms with Crippen LogP contribution in [0.4, 0.5) is 11.4 Å². The van der Waals surface area contributed by atoms with E-state index in [-0.39, 0.29) is 30.2 Å². The van der Waals surface area contributed by atoms with Crippen LogP contribution in [0.1, 0.15) is 18.4 Å². The first-order valence-electron chi connectivity index (χ1n) is 9.48. The zero-order chi connectivity index (χ0) is 21.4. The number of nitro benzene ring substituents is 1. The van der Waals surface area contributed by atoms with Crippen molar-refractivity contribution in [3.05, 3.63) is 33.9 Å². The number of amides is 1. The van der Waals surface area contributed by atoms with Crippen LogP contribution in [-0.2, 0) is 19.6 Å². The molecule has 1 fully saturated rings. The minimum atomic E-state index is -3.65. The van der Waals surface area contributed by atoms with Crippen molar-refractivity contribution in [2.24, 2.45) is 0 Å². The summed E-state index contributed by atoms with van der Waals surface area (Å²) in [5.41, 5.74) is 0.686. The average Bonchev–Trinajstić information content (AvgIpc) is 2.66. The van der Waals surface area contributed by atoms with Crippen molar-refractivity contribution in [2.45, 2.75) is 19.8 Å². The minimum Gasteiger partial charge on any atom is -0.379 e. The molecule has 1 aliphatic rings. The lowest BCUT2D eigenvalue weighted by atomic mass is 10.1. The highest BCUT2D eigenvalue weighted by Crippen LogP contribution is 2.27. The lowest BCUT2D eigenvalue weighted by molar-refractivity contribution is -0.384. The third-order valence-electron chi connectivity index (χ3n) is 4.69. The highest BCUT2D eigenvalue weighted by atomic mass is 32.2. The summed E-state index contributed by atoms with van der Waals surface area (Å²) in [6, 6.07) is 4.10. The predicted octanol–water partition coefficient (Wildman–Crippen LogP) is 0.898. The fourth-order valence-electron chi connectivity index (χ4n) is 3.09. The molecule has 0 atom stereocenters. The van der Waals surface area contributed by atoms with Gasteiger partial charge in [-0.2, -0.15) is 0 Å². The number of sulfonamides is 1. The molecule has 162 valence electrons. The van der Waals surface area contributed by atoms with E-state index in [1.54, 1.807) is 6.92 Å². The van der Waals surface area contributed by atoms with Crippen molar-refractivity contribution in [3.8, 4) is 0 Å². The molecule has 1 heterocycles. The van der Waals surface area contributed by atoms with Gasteiger partial charge in [-0.05, 0) is 18.9 Å². The van der Waals surface area contributed by atoms with E-state index in [2.05, 4.69) is 10.2 Å². The normalized spacial score (nSPS) is 15.1. The molecule has 1 aromatic rings. The van der Waals surface area contributed by atoms with Gasteiger partial charge in [-0.25, -0.2) is 8.42 Å². The zero-order valence-corrected chi connectivity index (χ0v) is 17.6. The van der Waals surface area contributed by atoms with Gasteiger partial charge in [0.2, 0.25) is 15.9 Å². The monoisotopic (exact) mass is 428 g/mol. The van der Waals surface area contributed by atoms with E-state index in [1.807, 2.05) is 0 Å². The Morgan fingerprint density at radius 2 is 2.03 bits per heavy atom. The molecule has 11 heteroatoms. The van der Waals surface area contributed by atoms with Crippen LogP contribution in [-0.4, -0.2) is 76.3 Å². The number of aryl methyl sites for hydroxylation is 1. The molecule has 1 aromatic carbocycles. The van der Waals surface area contributed by atoms with Crippen molar-refractivity contribution in [2.75, 3.05) is 56.5 Å². The Morgan fingerprint density at radius 1 is 1.34 bits per heavy atom. The van der Waals surface area contributed by atoms with E-state index in [9.17, 15) is 23.3 Å². The molecule has 1 saturated heterocycles. The third-order valence-corrected chi connectivity index (χ3v) is 5.87. The molecule has 0 unspecified atom stereocenters. The topological polar surface area (TPSA) is 122 Å². The lowest BCUT2D eigenvalue weighted by Gasteiger charge is -2.26. The Hall–Kier alpha value is -2.24. The molecule has 1 aliphatic heterocycles. The zero-order valence-electron chi connectivity index (χ0n) is 16.8. The molecule has 0 radical (unpaired) electrons. The maximum atomic E-state index is 12.2. The number of nitro groups is 1. The summed E-state index contributed by atoms with van der Waals surface area (Å²) in [7, 11) is -3.65. The number of benzene rings is 1. The number of rotatable bonds is 10. The number of nitrogens with one attached hydrogen (secondary N) is 1. The number of anilines is 1. The maximum Gasteiger partial charge on any atom is 0.271 e. The second-order valence-corrected chi connectivity index (χ2v) is 8.88. The van der Waals surface area contributed by atoms with Gasteiger partial charge in [0.05, 0.1) is 30.1 Å². The molecule has 0 aliphatic carbocycles. The van der Waals surface area contributed by atoms with Crippen molar-refractivity contribution in [3.63, 3.8) is 0 Å². The summed E-state index contributed by atoms with van der Waals surface area (Å²) in [5.74, 6) is -0.150. The summed E-state index contributed by atoms with van der Waals surface area (Å²) < 4.78 is 30.9. The highest BCUT2D eigenvalue weighted by Gasteiger charge is 2.22. The number of ether oxygens (including phenoxy) is 1. The third kappa shape index (κ3) is 7.26. The Labute approximate surface area is 171 Å². The molecule has 29 heavy (non-hydrogen) atoms. The van der Waals surface area contributed by atoms with Gasteiger partial charge in [0.15, 0.2) is 0 Å². The van der Waals surface area contributed by atoms with Gasteiger partial charge in [0.25, 0.3) is 5.69 Å². The molecule has 2 rings (SSSR count). The van der Waals surface area contributed by atoms with Crippen LogP contribution in [0.3, 0.4) is 0 Å². The summed E-state index contributed by atoms with van der Waals surface area (Å²) in [5, 5.41) is 13.9. The van der Waals surface area contributed by atoms with Gasteiger partial charge < -0.3 is 10.1 Å². The van der Waals surface area contributed by atoms with Crippen LogP contribution in [0.15, 0.2) is 18.2 Å². The Kier molecular flexibility index (Phi) is 8.35. The molecule has 1 N–H and O–H groups in total. The number of non-ortho nitro benzene ring substituents is 1. The van der Waals surface area contributed by atoms with E-state index in [0.717, 1.165) is 30.2 Å². The molecule has 0 spiro atoms. The van der Waals surface area contributed by atoms with Crippen molar-refractivity contribution in [1.82, 2.24) is 10.2 Å². The fraction of sp³-hybridized carbons (Fsp3) is 0.611. The first-order chi connectivity index (χ1) is 13.7. The number of nitrogens with zero attached hydrogens (tertiary/aromatic N) is 3. The summed E-state index contributed by atoms with van der Waals surface area (Å²) >= 11 is 0. The lowest BCUT2D eigenvalue weighted by Crippen LogP contribution is -2.41. The first-order valence-corrected chi connectivity index (χ1v) is 11.3. The number of carbonyl (C=O) groups excluding carboxylic acids is 1. The Morgan fingerprint density at radius 3 is 2.66 bits per heavy atom. The molecule has 10 nitrogen and oxygen atoms in total. The summed E-state index contributed by atoms with van der Waals surface area (Å²) in [6.45, 7) is 6.13. The highest BCUT2D eigenvalue weighted by molar-refractivity contribution is 7.92. The Bertz CT molecular complexity index is 824. The van der Waals surface area contributed by atoms with Gasteiger partial charge in [-0.3, -0.25) is 24.1 Å². The number of hydrogen-bond donors (Lipinski definition) is 1. The van der Waals surface area contributed by atoms with Crippen LogP contribution >= 0.6 is 0 Å². The maximum absolute atomic E-state index is 12.2. The minimum absolute atomic E-state index is 0.0672.